The number of carboxylic acid groups (broad SMARTS) is 4. The van der Waals surface area contributed by atoms with E-state index in [4.69, 9.17) is 39.5 Å². The number of carbonyl (C=O) groups is 24. The first-order valence-corrected chi connectivity index (χ1v) is 48.3. The number of nitrogens with two attached hydrogens (primary N) is 6. The molecule has 20 amide bonds. The number of H-pyrrole nitrogens is 1. The van der Waals surface area contributed by atoms with Crippen LogP contribution in [0.3, 0.4) is 0 Å². The van der Waals surface area contributed by atoms with Gasteiger partial charge in [-0.25, -0.2) is 0 Å². The SMILES string of the molecule is CC[C@H](C)[C@H](NC(=O)[C@H](CCSC)NC(=O)[C@H](Cc1c[nH]c2ccccc12)NC(=O)[C@H](CCCCN)NC(=O)[C@H](Cc1ccccc1)NC(=O)[C@H](CC(C)C)NC(=O)[C@@H](NC(=O)[C@H](CC(N)=O)NC(=O)[C@H](CC(=O)O)NC(=O)[C@H](CC(N)=O)NC(=O)[C@@H](NC(=O)[C@H](CC(=O)O)NC(=O)[C@H](CCC(=O)O)NC(=O)[C@@H](N)CCC(=O)O)C(C)C)[C@@H](C)O)C(=O)N[C@@H](Cc1ccccc1)C(=O)N[C@@H](CC(N)=O)C(=O)NCC(N)=O. The largest absolute Gasteiger partial charge is 0.481 e. The third kappa shape index (κ3) is 43.9. The van der Waals surface area contributed by atoms with E-state index < -0.39 is 327 Å². The Labute approximate surface area is 843 Å². The van der Waals surface area contributed by atoms with E-state index in [1.165, 1.54) is 25.6 Å². The maximum absolute atomic E-state index is 15.3. The molecule has 1 heterocycles. The lowest BCUT2D eigenvalue weighted by atomic mass is 9.96. The van der Waals surface area contributed by atoms with Gasteiger partial charge < -0.3 is 150 Å². The van der Waals surface area contributed by atoms with Crippen molar-refractivity contribution in [3.63, 3.8) is 0 Å². The van der Waals surface area contributed by atoms with Crippen LogP contribution in [0.4, 0.5) is 0 Å². The number of thioether (sulfide) groups is 1. The van der Waals surface area contributed by atoms with Gasteiger partial charge in [0.05, 0.1) is 50.8 Å². The lowest BCUT2D eigenvalue weighted by Gasteiger charge is -2.30. The van der Waals surface area contributed by atoms with Gasteiger partial charge >= 0.3 is 23.9 Å². The van der Waals surface area contributed by atoms with Crippen molar-refractivity contribution < 1.29 is 141 Å². The van der Waals surface area contributed by atoms with Crippen molar-refractivity contribution in [2.24, 2.45) is 52.2 Å². The number of fused-ring (bicyclic) bond motifs is 1. The van der Waals surface area contributed by atoms with Crippen molar-refractivity contribution in [3.05, 3.63) is 108 Å². The monoisotopic (exact) mass is 2070 g/mol. The first-order valence-electron chi connectivity index (χ1n) is 46.9. The van der Waals surface area contributed by atoms with Crippen molar-refractivity contribution >= 4 is 165 Å². The smallest absolute Gasteiger partial charge is 0.305 e. The molecule has 0 radical (unpaired) electrons. The van der Waals surface area contributed by atoms with E-state index in [9.17, 15) is 116 Å². The molecule has 0 unspecified atom stereocenters. The van der Waals surface area contributed by atoms with Crippen molar-refractivity contribution in [2.75, 3.05) is 25.1 Å². The topological polar surface area (TPSA) is 875 Å². The molecule has 0 aliphatic heterocycles. The number of aliphatic hydroxyl groups is 1. The fourth-order valence-corrected chi connectivity index (χ4v) is 15.2. The third-order valence-corrected chi connectivity index (χ3v) is 23.3. The molecule has 0 saturated carbocycles. The average Bonchev–Trinajstić information content (AvgIpc) is 1.67. The summed E-state index contributed by atoms with van der Waals surface area (Å²) < 4.78 is 0. The van der Waals surface area contributed by atoms with Crippen LogP contribution in [0.5, 0.6) is 0 Å². The van der Waals surface area contributed by atoms with Gasteiger partial charge in [-0.15, -0.1) is 0 Å². The molecule has 0 aliphatic carbocycles. The van der Waals surface area contributed by atoms with Crippen LogP contribution in [0.25, 0.3) is 10.9 Å². The standard InChI is InChI=1S/C93H135N23O29S/c1-9-47(6)76(92(144)112-60(36-50-22-14-11-15-23-50)85(137)107-62(38-67(96)118)79(131)101-44-70(99)121)115-82(134)57(31-33-146-8)104-86(138)61(37-51-43-100-54-25-17-16-24-52(51)54)106-80(132)55(26-18-19-32-94)103-84(136)59(35-49-20-12-10-13-21-49)105-83(135)58(34-45(2)3)111-93(145)77(48(7)117)116-89(141)64(40-69(98)120)108-88(140)65(41-73(126)127)110-87(139)63(39-68(97)119)113-91(143)75(46(4)5)114-90(142)66(42-74(128)129)109-81(133)56(28-30-72(124)125)102-78(130)53(95)27-29-71(122)123/h10-17,20-25,43,45-48,53,55-66,75-77,100,117H,9,18-19,26-42,44,94-95H2,1-8H3,(H2,96,118)(H2,97,119)(H2,98,120)(H2,99,121)(H,101,131)(H,102,130)(H,103,136)(H,104,138)(H,105,135)(H,106,132)(H,107,137)(H,108,140)(H,109,133)(H,110,139)(H,111,145)(H,112,144)(H,113,143)(H,114,142)(H,115,134)(H,116,141)(H,122,123)(H,124,125)(H,126,127)(H,128,129)/t47-,48+,53-,55-,56-,57-,58-,59-,60-,61-,62-,63-,64-,65-,66-,75-,76-,77-/m0/s1. The first kappa shape index (κ1) is 123. The summed E-state index contributed by atoms with van der Waals surface area (Å²) in [5.74, 6) is -32.2. The Morgan fingerprint density at radius 3 is 1.14 bits per heavy atom. The number of hydrogen-bond acceptors (Lipinski definition) is 28. The number of primary amides is 4. The summed E-state index contributed by atoms with van der Waals surface area (Å²) >= 11 is 1.29. The highest BCUT2D eigenvalue weighted by Crippen LogP contribution is 2.22. The summed E-state index contributed by atoms with van der Waals surface area (Å²) in [5.41, 5.74) is 35.4. The molecule has 0 spiro atoms. The maximum atomic E-state index is 15.3. The highest BCUT2D eigenvalue weighted by atomic mass is 32.2. The first-order chi connectivity index (χ1) is 68.8. The summed E-state index contributed by atoms with van der Waals surface area (Å²) in [7, 11) is 0. The summed E-state index contributed by atoms with van der Waals surface area (Å²) in [5, 5.41) is 88.1. The van der Waals surface area contributed by atoms with Gasteiger partial charge in [-0.3, -0.25) is 115 Å². The zero-order chi connectivity index (χ0) is 109. The number of para-hydroxylation sites is 1. The third-order valence-electron chi connectivity index (χ3n) is 22.7. The molecule has 4 rings (SSSR count). The molecule has 0 bridgehead atoms. The molecule has 3 aromatic carbocycles. The second-order valence-electron chi connectivity index (χ2n) is 35.6. The molecule has 0 saturated heterocycles. The van der Waals surface area contributed by atoms with Crippen LogP contribution in [-0.2, 0) is 134 Å². The Hall–Kier alpha value is -15.3. The van der Waals surface area contributed by atoms with E-state index in [0.29, 0.717) is 27.6 Å². The van der Waals surface area contributed by atoms with Gasteiger partial charge in [0.2, 0.25) is 118 Å². The Balaban J connectivity index is 1.67. The number of benzene rings is 3. The second-order valence-corrected chi connectivity index (χ2v) is 36.5. The number of aromatic nitrogens is 1. The van der Waals surface area contributed by atoms with Crippen LogP contribution in [0.1, 0.15) is 161 Å². The van der Waals surface area contributed by atoms with Gasteiger partial charge in [0.1, 0.15) is 90.6 Å². The Bertz CT molecular complexity index is 5240. The number of carbonyl (C=O) groups excluding carboxylic acids is 20. The number of carboxylic acids is 4. The Morgan fingerprint density at radius 2 is 0.705 bits per heavy atom. The molecule has 18 atom stereocenters. The zero-order valence-corrected chi connectivity index (χ0v) is 82.8. The summed E-state index contributed by atoms with van der Waals surface area (Å²) in [4.78, 5) is 329. The van der Waals surface area contributed by atoms with Crippen molar-refractivity contribution in [2.45, 2.75) is 267 Å². The van der Waals surface area contributed by atoms with E-state index in [2.05, 4.69) is 74.1 Å². The quantitative estimate of drug-likeness (QED) is 0.0183. The number of hydrogen-bond donors (Lipinski definition) is 28. The highest BCUT2D eigenvalue weighted by Gasteiger charge is 2.43. The van der Waals surface area contributed by atoms with Gasteiger partial charge in [0, 0.05) is 49.2 Å². The Kier molecular flexibility index (Phi) is 52.5. The number of rotatable bonds is 68. The number of aliphatic hydroxyl groups excluding tert-OH is 1. The summed E-state index contributed by atoms with van der Waals surface area (Å²) in [6.07, 6.45) is -7.45. The number of aromatic amines is 1. The van der Waals surface area contributed by atoms with Gasteiger partial charge in [-0.2, -0.15) is 11.8 Å². The fraction of sp³-hybridized carbons (Fsp3) is 0.527. The van der Waals surface area contributed by atoms with Gasteiger partial charge in [0.25, 0.3) is 0 Å². The fourth-order valence-electron chi connectivity index (χ4n) is 14.7. The average molecular weight is 2070 g/mol. The van der Waals surface area contributed by atoms with E-state index in [1.54, 1.807) is 125 Å². The maximum Gasteiger partial charge on any atom is 0.305 e. The minimum absolute atomic E-state index is 0.0772. The van der Waals surface area contributed by atoms with Crippen LogP contribution >= 0.6 is 11.8 Å². The van der Waals surface area contributed by atoms with E-state index in [1.807, 2.05) is 16.0 Å². The van der Waals surface area contributed by atoms with E-state index >= 15 is 19.2 Å². The van der Waals surface area contributed by atoms with Crippen molar-refractivity contribution in [1.29, 1.82) is 0 Å². The van der Waals surface area contributed by atoms with Crippen LogP contribution < -0.4 is 119 Å². The lowest BCUT2D eigenvalue weighted by Crippen LogP contribution is -2.63. The lowest BCUT2D eigenvalue weighted by molar-refractivity contribution is -0.143. The van der Waals surface area contributed by atoms with Crippen LogP contribution in [-0.4, -0.2) is 300 Å². The van der Waals surface area contributed by atoms with Crippen LogP contribution in [0, 0.1) is 17.8 Å². The molecular weight excluding hydrogens is 1940 g/mol. The van der Waals surface area contributed by atoms with E-state index in [-0.39, 0.29) is 70.1 Å². The second kappa shape index (κ2) is 62.3. The zero-order valence-electron chi connectivity index (χ0n) is 82.0. The normalized spacial score (nSPS) is 14.8. The molecule has 0 fully saturated rings. The van der Waals surface area contributed by atoms with Gasteiger partial charge in [-0.05, 0) is 111 Å². The molecule has 4 aromatic rings. The van der Waals surface area contributed by atoms with Gasteiger partial charge in [0.15, 0.2) is 0 Å². The number of nitrogens with one attached hydrogen (secondary N) is 17. The predicted octanol–water partition coefficient (Wildman–Crippen LogP) is -7.29. The molecule has 53 heteroatoms. The minimum atomic E-state index is -2.35. The van der Waals surface area contributed by atoms with E-state index in [0.717, 1.165) is 6.92 Å². The molecule has 34 N–H and O–H groups in total. The predicted molar refractivity (Wildman–Crippen MR) is 522 cm³/mol. The van der Waals surface area contributed by atoms with Crippen LogP contribution in [0.2, 0.25) is 0 Å². The van der Waals surface area contributed by atoms with Crippen molar-refractivity contribution in [1.82, 2.24) is 90.1 Å². The molecule has 146 heavy (non-hydrogen) atoms. The summed E-state index contributed by atoms with van der Waals surface area (Å²) in [6, 6.07) is -5.48. The van der Waals surface area contributed by atoms with Gasteiger partial charge in [-0.1, -0.05) is 127 Å². The highest BCUT2D eigenvalue weighted by molar-refractivity contribution is 7.98. The molecule has 52 nitrogen and oxygen atoms in total. The minimum Gasteiger partial charge on any atom is -0.481 e. The van der Waals surface area contributed by atoms with Crippen molar-refractivity contribution in [3.8, 4) is 0 Å². The number of aliphatic carboxylic acids is 4. The summed E-state index contributed by atoms with van der Waals surface area (Å²) in [6.45, 7) is 9.64. The molecule has 0 aliphatic rings. The molecular formula is C93H135N23O29S. The number of unbranched alkanes of at least 4 members (excludes halogenated alkanes) is 1. The molecule has 1 aromatic heterocycles. The molecule has 802 valence electrons. The van der Waals surface area contributed by atoms with Crippen LogP contribution in [0.15, 0.2) is 91.1 Å². The Morgan fingerprint density at radius 1 is 0.356 bits per heavy atom. The number of amides is 20.